The standard InChI is InChI=1S/C15H13N5O2/c1-8-4-5-11(22-8)12-10(7-17-20-12)14-18-13-9(15(21)19-14)3-2-6-16-13/h2-7,14H,1H3,(H,16,18)(H,17,20)(H,19,21). The molecule has 7 nitrogen and oxygen atoms in total. The highest BCUT2D eigenvalue weighted by molar-refractivity contribution is 6.00. The number of aromatic amines is 1. The largest absolute Gasteiger partial charge is 0.460 e. The minimum absolute atomic E-state index is 0.172. The van der Waals surface area contributed by atoms with Crippen molar-refractivity contribution >= 4 is 11.7 Å². The SMILES string of the molecule is Cc1ccc(-c2[nH]ncc2C2NC(=O)c3cccnc3N2)o1. The number of carbonyl (C=O) groups excluding carboxylic acids is 1. The molecule has 4 heterocycles. The zero-order valence-corrected chi connectivity index (χ0v) is 11.8. The summed E-state index contributed by atoms with van der Waals surface area (Å²) in [7, 11) is 0. The van der Waals surface area contributed by atoms with Crippen LogP contribution in [0.2, 0.25) is 0 Å². The molecular weight excluding hydrogens is 282 g/mol. The van der Waals surface area contributed by atoms with E-state index in [1.807, 2.05) is 19.1 Å². The quantitative estimate of drug-likeness (QED) is 0.673. The molecule has 1 amide bonds. The number of carbonyl (C=O) groups is 1. The number of nitrogens with zero attached hydrogens (tertiary/aromatic N) is 2. The molecule has 0 fully saturated rings. The van der Waals surface area contributed by atoms with Crippen LogP contribution >= 0.6 is 0 Å². The van der Waals surface area contributed by atoms with Crippen LogP contribution in [0.3, 0.4) is 0 Å². The zero-order valence-electron chi connectivity index (χ0n) is 11.8. The van der Waals surface area contributed by atoms with Gasteiger partial charge in [-0.15, -0.1) is 0 Å². The minimum Gasteiger partial charge on any atom is -0.460 e. The van der Waals surface area contributed by atoms with E-state index >= 15 is 0 Å². The third-order valence-corrected chi connectivity index (χ3v) is 3.58. The second-order valence-corrected chi connectivity index (χ2v) is 5.06. The van der Waals surface area contributed by atoms with Crippen molar-refractivity contribution in [2.75, 3.05) is 5.32 Å². The summed E-state index contributed by atoms with van der Waals surface area (Å²) < 4.78 is 5.63. The zero-order chi connectivity index (χ0) is 15.1. The van der Waals surface area contributed by atoms with E-state index in [0.717, 1.165) is 17.0 Å². The van der Waals surface area contributed by atoms with E-state index in [1.54, 1.807) is 24.5 Å². The van der Waals surface area contributed by atoms with Crippen LogP contribution in [0.5, 0.6) is 0 Å². The average Bonchev–Trinajstić information content (AvgIpc) is 3.15. The number of aryl methyl sites for hydroxylation is 1. The summed E-state index contributed by atoms with van der Waals surface area (Å²) in [4.78, 5) is 16.4. The molecule has 1 unspecified atom stereocenters. The molecule has 0 aliphatic carbocycles. The third-order valence-electron chi connectivity index (χ3n) is 3.58. The first kappa shape index (κ1) is 12.6. The Morgan fingerprint density at radius 3 is 2.95 bits per heavy atom. The van der Waals surface area contributed by atoms with Crippen molar-refractivity contribution in [2.45, 2.75) is 13.1 Å². The smallest absolute Gasteiger partial charge is 0.256 e. The maximum atomic E-state index is 12.2. The van der Waals surface area contributed by atoms with Gasteiger partial charge in [-0.3, -0.25) is 9.89 Å². The van der Waals surface area contributed by atoms with Crippen molar-refractivity contribution in [3.8, 4) is 11.5 Å². The molecule has 0 radical (unpaired) electrons. The fraction of sp³-hybridized carbons (Fsp3) is 0.133. The lowest BCUT2D eigenvalue weighted by Crippen LogP contribution is -2.38. The first-order valence-electron chi connectivity index (χ1n) is 6.85. The summed E-state index contributed by atoms with van der Waals surface area (Å²) in [5.74, 6) is 1.87. The molecule has 0 aromatic carbocycles. The number of fused-ring (bicyclic) bond motifs is 1. The number of aromatic nitrogens is 3. The van der Waals surface area contributed by atoms with Gasteiger partial charge in [-0.25, -0.2) is 4.98 Å². The van der Waals surface area contributed by atoms with Crippen LogP contribution < -0.4 is 10.6 Å². The topological polar surface area (TPSA) is 95.8 Å². The number of amides is 1. The van der Waals surface area contributed by atoms with Crippen LogP contribution in [0.4, 0.5) is 5.82 Å². The van der Waals surface area contributed by atoms with Gasteiger partial charge in [0.05, 0.1) is 11.8 Å². The van der Waals surface area contributed by atoms with E-state index in [-0.39, 0.29) is 5.91 Å². The molecule has 4 rings (SSSR count). The molecule has 3 aromatic heterocycles. The Kier molecular flexibility index (Phi) is 2.72. The van der Waals surface area contributed by atoms with Crippen molar-refractivity contribution in [1.82, 2.24) is 20.5 Å². The second kappa shape index (κ2) is 4.73. The van der Waals surface area contributed by atoms with Crippen LogP contribution in [0.1, 0.15) is 27.8 Å². The van der Waals surface area contributed by atoms with E-state index in [2.05, 4.69) is 25.8 Å². The van der Waals surface area contributed by atoms with Crippen LogP contribution in [-0.2, 0) is 0 Å². The van der Waals surface area contributed by atoms with Gasteiger partial charge in [-0.1, -0.05) is 0 Å². The molecular formula is C15H13N5O2. The fourth-order valence-corrected chi connectivity index (χ4v) is 2.52. The Labute approximate surface area is 125 Å². The van der Waals surface area contributed by atoms with Gasteiger partial charge in [0.2, 0.25) is 0 Å². The summed E-state index contributed by atoms with van der Waals surface area (Å²) in [5, 5.41) is 13.1. The minimum atomic E-state index is -0.422. The summed E-state index contributed by atoms with van der Waals surface area (Å²) in [5.41, 5.74) is 2.04. The van der Waals surface area contributed by atoms with Gasteiger partial charge in [-0.2, -0.15) is 5.10 Å². The lowest BCUT2D eigenvalue weighted by molar-refractivity contribution is 0.0935. The van der Waals surface area contributed by atoms with E-state index < -0.39 is 6.17 Å². The molecule has 1 aliphatic rings. The van der Waals surface area contributed by atoms with Gasteiger partial charge in [0.15, 0.2) is 5.76 Å². The number of nitrogens with one attached hydrogen (secondary N) is 3. The van der Waals surface area contributed by atoms with Crippen molar-refractivity contribution in [3.63, 3.8) is 0 Å². The number of furan rings is 1. The van der Waals surface area contributed by atoms with Crippen LogP contribution in [0, 0.1) is 6.92 Å². The predicted octanol–water partition coefficient (Wildman–Crippen LogP) is 2.23. The Morgan fingerprint density at radius 2 is 2.14 bits per heavy atom. The highest BCUT2D eigenvalue weighted by Gasteiger charge is 2.28. The molecule has 22 heavy (non-hydrogen) atoms. The summed E-state index contributed by atoms with van der Waals surface area (Å²) in [6, 6.07) is 7.20. The molecule has 1 aliphatic heterocycles. The van der Waals surface area contributed by atoms with Crippen LogP contribution in [-0.4, -0.2) is 21.1 Å². The van der Waals surface area contributed by atoms with E-state index in [9.17, 15) is 4.79 Å². The van der Waals surface area contributed by atoms with Crippen molar-refractivity contribution in [1.29, 1.82) is 0 Å². The maximum Gasteiger partial charge on any atom is 0.256 e. The van der Waals surface area contributed by atoms with E-state index in [4.69, 9.17) is 4.42 Å². The Morgan fingerprint density at radius 1 is 1.23 bits per heavy atom. The number of hydrogen-bond donors (Lipinski definition) is 3. The van der Waals surface area contributed by atoms with E-state index in [1.165, 1.54) is 0 Å². The van der Waals surface area contributed by atoms with Gasteiger partial charge < -0.3 is 15.1 Å². The highest BCUT2D eigenvalue weighted by atomic mass is 16.3. The number of anilines is 1. The van der Waals surface area contributed by atoms with Gasteiger partial charge >= 0.3 is 0 Å². The lowest BCUT2D eigenvalue weighted by Gasteiger charge is -2.26. The first-order chi connectivity index (χ1) is 10.7. The summed E-state index contributed by atoms with van der Waals surface area (Å²) in [6.45, 7) is 1.88. The molecule has 3 N–H and O–H groups in total. The molecule has 0 saturated carbocycles. The van der Waals surface area contributed by atoms with Crippen molar-refractivity contribution in [3.05, 3.63) is 53.5 Å². The van der Waals surface area contributed by atoms with Gasteiger partial charge in [-0.05, 0) is 31.2 Å². The van der Waals surface area contributed by atoms with Crippen molar-refractivity contribution < 1.29 is 9.21 Å². The Hall–Kier alpha value is -3.09. The van der Waals surface area contributed by atoms with Gasteiger partial charge in [0, 0.05) is 11.8 Å². The molecule has 0 spiro atoms. The summed E-state index contributed by atoms with van der Waals surface area (Å²) >= 11 is 0. The predicted molar refractivity (Wildman–Crippen MR) is 79.1 cm³/mol. The number of rotatable bonds is 2. The molecule has 0 saturated heterocycles. The lowest BCUT2D eigenvalue weighted by atomic mass is 10.1. The average molecular weight is 295 g/mol. The number of hydrogen-bond acceptors (Lipinski definition) is 5. The number of H-pyrrole nitrogens is 1. The van der Waals surface area contributed by atoms with Crippen LogP contribution in [0.15, 0.2) is 41.1 Å². The second-order valence-electron chi connectivity index (χ2n) is 5.06. The molecule has 7 heteroatoms. The normalized spacial score (nSPS) is 16.8. The molecule has 110 valence electrons. The highest BCUT2D eigenvalue weighted by Crippen LogP contribution is 2.31. The first-order valence-corrected chi connectivity index (χ1v) is 6.85. The number of pyridine rings is 1. The Balaban J connectivity index is 1.73. The van der Waals surface area contributed by atoms with Gasteiger partial charge in [0.25, 0.3) is 5.91 Å². The molecule has 3 aromatic rings. The molecule has 0 bridgehead atoms. The van der Waals surface area contributed by atoms with Crippen LogP contribution in [0.25, 0.3) is 11.5 Å². The monoisotopic (exact) mass is 295 g/mol. The maximum absolute atomic E-state index is 12.2. The Bertz CT molecular complexity index is 851. The third kappa shape index (κ3) is 1.95. The summed E-state index contributed by atoms with van der Waals surface area (Å²) in [6.07, 6.45) is 2.89. The van der Waals surface area contributed by atoms with Crippen molar-refractivity contribution in [2.24, 2.45) is 0 Å². The van der Waals surface area contributed by atoms with Gasteiger partial charge in [0.1, 0.15) is 23.4 Å². The molecule has 1 atom stereocenters. The fourth-order valence-electron chi connectivity index (χ4n) is 2.52. The van der Waals surface area contributed by atoms with E-state index in [0.29, 0.717) is 17.1 Å².